The summed E-state index contributed by atoms with van der Waals surface area (Å²) in [5.74, 6) is -1.26. The van der Waals surface area contributed by atoms with E-state index in [4.69, 9.17) is 14.2 Å². The molecule has 4 atom stereocenters. The van der Waals surface area contributed by atoms with Crippen LogP contribution in [-0.2, 0) is 29.4 Å². The van der Waals surface area contributed by atoms with Crippen LogP contribution in [0, 0.1) is 11.8 Å². The molecule has 0 aromatic heterocycles. The molecule has 5 rings (SSSR count). The summed E-state index contributed by atoms with van der Waals surface area (Å²) in [4.78, 5) is 25.9. The number of carbonyl (C=O) groups excluding carboxylic acids is 2. The number of hydrogen-bond donors (Lipinski definition) is 0. The largest absolute Gasteiger partial charge is 0.467 e. The zero-order chi connectivity index (χ0) is 19.5. The molecule has 0 spiro atoms. The Labute approximate surface area is 162 Å². The van der Waals surface area contributed by atoms with E-state index in [-0.39, 0.29) is 23.9 Å². The van der Waals surface area contributed by atoms with Crippen LogP contribution in [0.3, 0.4) is 0 Å². The summed E-state index contributed by atoms with van der Waals surface area (Å²) >= 11 is 0. The van der Waals surface area contributed by atoms with Gasteiger partial charge in [0.2, 0.25) is 0 Å². The molecule has 0 N–H and O–H groups in total. The van der Waals surface area contributed by atoms with Gasteiger partial charge in [-0.25, -0.2) is 9.59 Å². The highest BCUT2D eigenvalue weighted by molar-refractivity contribution is 6.06. The van der Waals surface area contributed by atoms with Gasteiger partial charge in [0, 0.05) is 23.0 Å². The van der Waals surface area contributed by atoms with E-state index in [2.05, 4.69) is 0 Å². The molecule has 1 saturated heterocycles. The van der Waals surface area contributed by atoms with Crippen molar-refractivity contribution >= 4 is 17.5 Å². The Morgan fingerprint density at radius 3 is 2.50 bits per heavy atom. The Kier molecular flexibility index (Phi) is 3.71. The van der Waals surface area contributed by atoms with Gasteiger partial charge in [-0.15, -0.1) is 0 Å². The van der Waals surface area contributed by atoms with Gasteiger partial charge in [-0.05, 0) is 23.6 Å². The molecule has 0 radical (unpaired) electrons. The molecule has 5 heteroatoms. The van der Waals surface area contributed by atoms with Crippen molar-refractivity contribution in [1.29, 1.82) is 0 Å². The number of ether oxygens (including phenoxy) is 3. The summed E-state index contributed by atoms with van der Waals surface area (Å²) in [6, 6.07) is 17.4. The number of fused-ring (bicyclic) bond motifs is 8. The van der Waals surface area contributed by atoms with Crippen molar-refractivity contribution in [3.63, 3.8) is 0 Å². The van der Waals surface area contributed by atoms with E-state index in [1.165, 1.54) is 7.11 Å². The van der Waals surface area contributed by atoms with Crippen LogP contribution < -0.4 is 0 Å². The van der Waals surface area contributed by atoms with Crippen molar-refractivity contribution in [3.8, 4) is 0 Å². The quantitative estimate of drug-likeness (QED) is 0.766. The van der Waals surface area contributed by atoms with Gasteiger partial charge < -0.3 is 14.2 Å². The van der Waals surface area contributed by atoms with Crippen LogP contribution >= 0.6 is 0 Å². The zero-order valence-electron chi connectivity index (χ0n) is 15.7. The Morgan fingerprint density at radius 2 is 1.79 bits per heavy atom. The van der Waals surface area contributed by atoms with Crippen LogP contribution in [-0.4, -0.2) is 25.7 Å². The predicted octanol–water partition coefficient (Wildman–Crippen LogP) is 3.40. The van der Waals surface area contributed by atoms with E-state index in [9.17, 15) is 9.59 Å². The fourth-order valence-corrected chi connectivity index (χ4v) is 5.14. The van der Waals surface area contributed by atoms with E-state index >= 15 is 0 Å². The van der Waals surface area contributed by atoms with Crippen molar-refractivity contribution in [3.05, 3.63) is 76.9 Å². The maximum atomic E-state index is 13.0. The lowest BCUT2D eigenvalue weighted by atomic mass is 9.54. The molecule has 2 aromatic carbocycles. The Bertz CT molecular complexity index is 1010. The van der Waals surface area contributed by atoms with Crippen molar-refractivity contribution in [1.82, 2.24) is 0 Å². The number of carbonyl (C=O) groups is 2. The fourth-order valence-electron chi connectivity index (χ4n) is 5.14. The lowest BCUT2D eigenvalue weighted by Gasteiger charge is -2.45. The molecule has 0 saturated carbocycles. The maximum absolute atomic E-state index is 13.0. The highest BCUT2D eigenvalue weighted by atomic mass is 16.6. The first-order chi connectivity index (χ1) is 13.6. The van der Waals surface area contributed by atoms with Gasteiger partial charge in [-0.2, -0.15) is 0 Å². The Hall–Kier alpha value is -2.92. The molecule has 142 valence electrons. The van der Waals surface area contributed by atoms with Crippen molar-refractivity contribution in [2.24, 2.45) is 11.8 Å². The topological polar surface area (TPSA) is 61.8 Å². The summed E-state index contributed by atoms with van der Waals surface area (Å²) < 4.78 is 16.9. The van der Waals surface area contributed by atoms with Gasteiger partial charge in [0.25, 0.3) is 0 Å². The highest BCUT2D eigenvalue weighted by Crippen LogP contribution is 2.71. The van der Waals surface area contributed by atoms with Crippen LogP contribution in [0.5, 0.6) is 0 Å². The molecular weight excluding hydrogens is 356 g/mol. The average Bonchev–Trinajstić information content (AvgIpc) is 3.18. The Morgan fingerprint density at radius 1 is 1.07 bits per heavy atom. The molecule has 2 aliphatic heterocycles. The lowest BCUT2D eigenvalue weighted by molar-refractivity contribution is -0.168. The average molecular weight is 376 g/mol. The van der Waals surface area contributed by atoms with Gasteiger partial charge in [-0.1, -0.05) is 54.6 Å². The van der Waals surface area contributed by atoms with E-state index in [0.717, 1.165) is 22.3 Å². The van der Waals surface area contributed by atoms with Crippen molar-refractivity contribution < 1.29 is 23.8 Å². The van der Waals surface area contributed by atoms with Gasteiger partial charge >= 0.3 is 11.9 Å². The monoisotopic (exact) mass is 376 g/mol. The predicted molar refractivity (Wildman–Crippen MR) is 101 cm³/mol. The van der Waals surface area contributed by atoms with Crippen molar-refractivity contribution in [2.45, 2.75) is 18.6 Å². The molecule has 4 unspecified atom stereocenters. The van der Waals surface area contributed by atoms with Gasteiger partial charge in [-0.3, -0.25) is 0 Å². The maximum Gasteiger partial charge on any atom is 0.343 e. The number of benzene rings is 2. The fraction of sp³-hybridized carbons (Fsp3) is 0.304. The normalized spacial score (nSPS) is 29.0. The molecule has 2 bridgehead atoms. The third-order valence-corrected chi connectivity index (χ3v) is 6.11. The van der Waals surface area contributed by atoms with Gasteiger partial charge in [0.15, 0.2) is 5.60 Å². The smallest absolute Gasteiger partial charge is 0.343 e. The molecule has 5 nitrogen and oxygen atoms in total. The van der Waals surface area contributed by atoms with Crippen LogP contribution in [0.4, 0.5) is 0 Å². The molecule has 28 heavy (non-hydrogen) atoms. The van der Waals surface area contributed by atoms with Crippen LogP contribution in [0.1, 0.15) is 29.7 Å². The van der Waals surface area contributed by atoms with E-state index in [1.54, 1.807) is 6.92 Å². The summed E-state index contributed by atoms with van der Waals surface area (Å²) in [5.41, 5.74) is 2.91. The minimum atomic E-state index is -1.22. The molecule has 3 aliphatic rings. The highest BCUT2D eigenvalue weighted by Gasteiger charge is 2.73. The van der Waals surface area contributed by atoms with Crippen LogP contribution in [0.15, 0.2) is 60.2 Å². The third-order valence-electron chi connectivity index (χ3n) is 6.11. The molecule has 0 amide bonds. The van der Waals surface area contributed by atoms with Crippen LogP contribution in [0.25, 0.3) is 5.57 Å². The minimum Gasteiger partial charge on any atom is -0.467 e. The lowest BCUT2D eigenvalue weighted by Crippen LogP contribution is -2.50. The number of esters is 2. The zero-order valence-corrected chi connectivity index (χ0v) is 15.7. The first-order valence-electron chi connectivity index (χ1n) is 9.47. The van der Waals surface area contributed by atoms with Crippen molar-refractivity contribution in [2.75, 3.05) is 13.7 Å². The molecule has 2 heterocycles. The first-order valence-corrected chi connectivity index (χ1v) is 9.47. The SMILES string of the molecule is CCOC(=O)C1=C(c2ccccc2)C2C1C1OC2(C(=O)OC)c2ccccc21. The summed E-state index contributed by atoms with van der Waals surface area (Å²) in [5, 5.41) is 0. The van der Waals surface area contributed by atoms with E-state index in [1.807, 2.05) is 54.6 Å². The van der Waals surface area contributed by atoms with Gasteiger partial charge in [0.05, 0.1) is 19.8 Å². The number of rotatable bonds is 4. The second-order valence-corrected chi connectivity index (χ2v) is 7.27. The third kappa shape index (κ3) is 1.94. The summed E-state index contributed by atoms with van der Waals surface area (Å²) in [6.45, 7) is 2.09. The second kappa shape index (κ2) is 6.04. The van der Waals surface area contributed by atoms with E-state index in [0.29, 0.717) is 12.2 Å². The molecule has 1 aliphatic carbocycles. The number of hydrogen-bond acceptors (Lipinski definition) is 5. The summed E-state index contributed by atoms with van der Waals surface area (Å²) in [7, 11) is 1.38. The Balaban J connectivity index is 1.74. The summed E-state index contributed by atoms with van der Waals surface area (Å²) in [6.07, 6.45) is -0.354. The number of methoxy groups -OCH3 is 1. The minimum absolute atomic E-state index is 0.219. The second-order valence-electron chi connectivity index (χ2n) is 7.27. The van der Waals surface area contributed by atoms with Crippen LogP contribution in [0.2, 0.25) is 0 Å². The van der Waals surface area contributed by atoms with Gasteiger partial charge in [0.1, 0.15) is 0 Å². The first kappa shape index (κ1) is 17.2. The molecule has 2 aromatic rings. The molecular formula is C23H20O5. The standard InChI is InChI=1S/C23H20O5/c1-3-27-21(24)17-16(13-9-5-4-6-10-13)19-18(17)20-14-11-7-8-12-15(14)23(19,28-20)22(25)26-2/h4-12,18-20H,3H2,1-2H3. The molecule has 1 fully saturated rings. The van der Waals surface area contributed by atoms with E-state index < -0.39 is 11.6 Å².